The van der Waals surface area contributed by atoms with Gasteiger partial charge in [-0.2, -0.15) is 0 Å². The molecule has 0 bridgehead atoms. The van der Waals surface area contributed by atoms with E-state index >= 15 is 0 Å². The zero-order valence-corrected chi connectivity index (χ0v) is 13.9. The first-order valence-corrected chi connectivity index (χ1v) is 7.95. The van der Waals surface area contributed by atoms with Crippen LogP contribution in [-0.4, -0.2) is 5.91 Å². The summed E-state index contributed by atoms with van der Waals surface area (Å²) in [6.07, 6.45) is 4.90. The average Bonchev–Trinajstić information content (AvgIpc) is 2.56. The predicted molar refractivity (Wildman–Crippen MR) is 96.9 cm³/mol. The first-order chi connectivity index (χ1) is 10.7. The molecular weight excluding hydrogens is 308 g/mol. The SMILES string of the molecule is Cl.NC(CC(=O)Nc1cccc2c1CCCC2)c1ccccc1. The highest BCUT2D eigenvalue weighted by atomic mass is 35.5. The van der Waals surface area contributed by atoms with E-state index in [4.69, 9.17) is 5.73 Å². The van der Waals surface area contributed by atoms with Crippen molar-refractivity contribution in [3.63, 3.8) is 0 Å². The third-order valence-corrected chi connectivity index (χ3v) is 4.30. The van der Waals surface area contributed by atoms with E-state index < -0.39 is 0 Å². The average molecular weight is 331 g/mol. The van der Waals surface area contributed by atoms with E-state index in [0.29, 0.717) is 6.42 Å². The molecule has 4 heteroatoms. The number of fused-ring (bicyclic) bond motifs is 1. The second kappa shape index (κ2) is 8.14. The van der Waals surface area contributed by atoms with Crippen molar-refractivity contribution in [3.05, 3.63) is 65.2 Å². The number of nitrogens with one attached hydrogen (secondary N) is 1. The Morgan fingerprint density at radius 2 is 1.78 bits per heavy atom. The van der Waals surface area contributed by atoms with Crippen molar-refractivity contribution in [2.75, 3.05) is 5.32 Å². The Morgan fingerprint density at radius 1 is 1.04 bits per heavy atom. The van der Waals surface area contributed by atoms with Gasteiger partial charge in [0, 0.05) is 18.2 Å². The number of aryl methyl sites for hydroxylation is 1. The minimum Gasteiger partial charge on any atom is -0.326 e. The van der Waals surface area contributed by atoms with Crippen LogP contribution in [0.15, 0.2) is 48.5 Å². The second-order valence-corrected chi connectivity index (χ2v) is 5.92. The molecule has 2 aromatic rings. The summed E-state index contributed by atoms with van der Waals surface area (Å²) < 4.78 is 0. The topological polar surface area (TPSA) is 55.1 Å². The van der Waals surface area contributed by atoms with Gasteiger partial charge in [-0.3, -0.25) is 4.79 Å². The van der Waals surface area contributed by atoms with Crippen LogP contribution in [0.4, 0.5) is 5.69 Å². The fourth-order valence-corrected chi connectivity index (χ4v) is 3.12. The summed E-state index contributed by atoms with van der Waals surface area (Å²) in [4.78, 5) is 12.3. The third-order valence-electron chi connectivity index (χ3n) is 4.30. The van der Waals surface area contributed by atoms with E-state index in [1.807, 2.05) is 42.5 Å². The van der Waals surface area contributed by atoms with Gasteiger partial charge in [-0.1, -0.05) is 42.5 Å². The number of nitrogens with two attached hydrogens (primary N) is 1. The summed E-state index contributed by atoms with van der Waals surface area (Å²) in [5.74, 6) is -0.0182. The molecule has 1 atom stereocenters. The van der Waals surface area contributed by atoms with Crippen molar-refractivity contribution < 1.29 is 4.79 Å². The Kier molecular flexibility index (Phi) is 6.20. The van der Waals surface area contributed by atoms with E-state index in [9.17, 15) is 4.79 Å². The summed E-state index contributed by atoms with van der Waals surface area (Å²) in [7, 11) is 0. The van der Waals surface area contributed by atoms with Crippen LogP contribution in [0.3, 0.4) is 0 Å². The first-order valence-electron chi connectivity index (χ1n) is 7.95. The number of hydrogen-bond acceptors (Lipinski definition) is 2. The molecule has 3 rings (SSSR count). The predicted octanol–water partition coefficient (Wildman–Crippen LogP) is 4.02. The van der Waals surface area contributed by atoms with Crippen molar-refractivity contribution in [1.29, 1.82) is 0 Å². The molecule has 0 heterocycles. The van der Waals surface area contributed by atoms with E-state index in [0.717, 1.165) is 24.1 Å². The standard InChI is InChI=1S/C19H22N2O.ClH/c20-17(15-8-2-1-3-9-15)13-19(22)21-18-12-6-10-14-7-4-5-11-16(14)18;/h1-3,6,8-10,12,17H,4-5,7,11,13,20H2,(H,21,22);1H. The fourth-order valence-electron chi connectivity index (χ4n) is 3.12. The van der Waals surface area contributed by atoms with Crippen LogP contribution >= 0.6 is 12.4 Å². The molecule has 1 unspecified atom stereocenters. The van der Waals surface area contributed by atoms with Crippen LogP contribution in [-0.2, 0) is 17.6 Å². The zero-order valence-electron chi connectivity index (χ0n) is 13.1. The van der Waals surface area contributed by atoms with Crippen molar-refractivity contribution >= 4 is 24.0 Å². The highest BCUT2D eigenvalue weighted by molar-refractivity contribution is 5.92. The lowest BCUT2D eigenvalue weighted by molar-refractivity contribution is -0.116. The van der Waals surface area contributed by atoms with Crippen LogP contribution in [0.5, 0.6) is 0 Å². The Hall–Kier alpha value is -1.84. The molecule has 0 radical (unpaired) electrons. The number of benzene rings is 2. The second-order valence-electron chi connectivity index (χ2n) is 5.92. The van der Waals surface area contributed by atoms with Crippen molar-refractivity contribution in [2.24, 2.45) is 5.73 Å². The van der Waals surface area contributed by atoms with Gasteiger partial charge in [0.15, 0.2) is 0 Å². The first kappa shape index (κ1) is 17.5. The quantitative estimate of drug-likeness (QED) is 0.889. The van der Waals surface area contributed by atoms with Crippen LogP contribution in [0.2, 0.25) is 0 Å². The molecular formula is C19H23ClN2O. The molecule has 23 heavy (non-hydrogen) atoms. The largest absolute Gasteiger partial charge is 0.326 e. The van der Waals surface area contributed by atoms with Gasteiger partial charge in [0.1, 0.15) is 0 Å². The molecule has 3 N–H and O–H groups in total. The summed E-state index contributed by atoms with van der Waals surface area (Å²) >= 11 is 0. The number of hydrogen-bond donors (Lipinski definition) is 2. The molecule has 3 nitrogen and oxygen atoms in total. The Bertz CT molecular complexity index is 658. The van der Waals surface area contributed by atoms with Crippen molar-refractivity contribution in [2.45, 2.75) is 38.1 Å². The fraction of sp³-hybridized carbons (Fsp3) is 0.316. The maximum Gasteiger partial charge on any atom is 0.226 e. The lowest BCUT2D eigenvalue weighted by atomic mass is 9.90. The smallest absolute Gasteiger partial charge is 0.226 e. The summed E-state index contributed by atoms with van der Waals surface area (Å²) in [6, 6.07) is 15.7. The molecule has 0 saturated heterocycles. The summed E-state index contributed by atoms with van der Waals surface area (Å²) in [6.45, 7) is 0. The van der Waals surface area contributed by atoms with Gasteiger partial charge in [0.2, 0.25) is 5.91 Å². The molecule has 0 fully saturated rings. The molecule has 0 aromatic heterocycles. The Labute approximate surface area is 143 Å². The molecule has 1 aliphatic carbocycles. The monoisotopic (exact) mass is 330 g/mol. The molecule has 1 aliphatic rings. The van der Waals surface area contributed by atoms with E-state index in [1.165, 1.54) is 24.0 Å². The Morgan fingerprint density at radius 3 is 2.57 bits per heavy atom. The van der Waals surface area contributed by atoms with Crippen LogP contribution in [0.25, 0.3) is 0 Å². The minimum atomic E-state index is -0.263. The maximum atomic E-state index is 12.3. The highest BCUT2D eigenvalue weighted by Gasteiger charge is 2.16. The normalized spacial score (nSPS) is 14.3. The minimum absolute atomic E-state index is 0. The van der Waals surface area contributed by atoms with Crippen molar-refractivity contribution in [3.8, 4) is 0 Å². The molecule has 2 aromatic carbocycles. The van der Waals surface area contributed by atoms with Gasteiger partial charge < -0.3 is 11.1 Å². The number of amides is 1. The Balaban J connectivity index is 0.00000192. The van der Waals surface area contributed by atoms with Gasteiger partial charge >= 0.3 is 0 Å². The summed E-state index contributed by atoms with van der Waals surface area (Å²) in [5, 5.41) is 3.05. The third kappa shape index (κ3) is 4.34. The maximum absolute atomic E-state index is 12.3. The number of rotatable bonds is 4. The van der Waals surface area contributed by atoms with E-state index in [1.54, 1.807) is 0 Å². The highest BCUT2D eigenvalue weighted by Crippen LogP contribution is 2.28. The number of carbonyl (C=O) groups is 1. The van der Waals surface area contributed by atoms with E-state index in [-0.39, 0.29) is 24.4 Å². The number of anilines is 1. The summed E-state index contributed by atoms with van der Waals surface area (Å²) in [5.41, 5.74) is 10.8. The lowest BCUT2D eigenvalue weighted by Crippen LogP contribution is -2.21. The van der Waals surface area contributed by atoms with Gasteiger partial charge in [-0.05, 0) is 48.4 Å². The zero-order chi connectivity index (χ0) is 15.4. The number of carbonyl (C=O) groups excluding carboxylic acids is 1. The number of halogens is 1. The molecule has 0 saturated carbocycles. The van der Waals surface area contributed by atoms with Crippen LogP contribution in [0, 0.1) is 0 Å². The van der Waals surface area contributed by atoms with Crippen molar-refractivity contribution in [1.82, 2.24) is 0 Å². The molecule has 1 amide bonds. The lowest BCUT2D eigenvalue weighted by Gasteiger charge is -2.20. The molecule has 0 spiro atoms. The van der Waals surface area contributed by atoms with Crippen LogP contribution in [0.1, 0.15) is 42.0 Å². The van der Waals surface area contributed by atoms with Crippen LogP contribution < -0.4 is 11.1 Å². The molecule has 0 aliphatic heterocycles. The van der Waals surface area contributed by atoms with Gasteiger partial charge in [0.05, 0.1) is 0 Å². The van der Waals surface area contributed by atoms with E-state index in [2.05, 4.69) is 11.4 Å². The molecule has 122 valence electrons. The van der Waals surface area contributed by atoms with Gasteiger partial charge in [0.25, 0.3) is 0 Å². The van der Waals surface area contributed by atoms with Gasteiger partial charge in [-0.15, -0.1) is 12.4 Å². The van der Waals surface area contributed by atoms with Gasteiger partial charge in [-0.25, -0.2) is 0 Å².